The molecule has 60 valence electrons. The number of aryl methyl sites for hydroxylation is 1. The Morgan fingerprint density at radius 3 is 3.18 bits per heavy atom. The molecule has 1 aromatic heterocycles. The lowest BCUT2D eigenvalue weighted by molar-refractivity contribution is -0.367. The zero-order valence-corrected chi connectivity index (χ0v) is 7.08. The molecule has 1 atom stereocenters. The monoisotopic (exact) mass is 170 g/mol. The molecule has 0 bridgehead atoms. The Balaban J connectivity index is 2.34. The minimum atomic E-state index is 0.342. The third-order valence-corrected chi connectivity index (χ3v) is 3.04. The molecular weight excluding hydrogens is 158 g/mol. The highest BCUT2D eigenvalue weighted by atomic mass is 32.1. The molecule has 1 aliphatic rings. The Morgan fingerprint density at radius 1 is 1.55 bits per heavy atom. The van der Waals surface area contributed by atoms with Crippen LogP contribution in [-0.2, 0) is 12.8 Å². The van der Waals surface area contributed by atoms with E-state index in [1.165, 1.54) is 10.6 Å². The maximum absolute atomic E-state index is 5.81. The van der Waals surface area contributed by atoms with E-state index in [4.69, 9.17) is 11.5 Å². The zero-order chi connectivity index (χ0) is 7.84. The second kappa shape index (κ2) is 2.46. The lowest BCUT2D eigenvalue weighted by Gasteiger charge is -2.14. The molecule has 1 unspecified atom stereocenters. The van der Waals surface area contributed by atoms with Gasteiger partial charge in [-0.25, -0.2) is 4.98 Å². The van der Waals surface area contributed by atoms with Crippen LogP contribution in [0, 0.1) is 0 Å². The zero-order valence-electron chi connectivity index (χ0n) is 6.26. The van der Waals surface area contributed by atoms with Gasteiger partial charge in [-0.2, -0.15) is 0 Å². The molecule has 11 heavy (non-hydrogen) atoms. The first-order valence-corrected chi connectivity index (χ1v) is 4.62. The quantitative estimate of drug-likeness (QED) is 0.574. The first-order chi connectivity index (χ1) is 5.25. The molecule has 0 saturated carbocycles. The van der Waals surface area contributed by atoms with E-state index in [9.17, 15) is 0 Å². The summed E-state index contributed by atoms with van der Waals surface area (Å²) < 4.78 is 0. The van der Waals surface area contributed by atoms with Crippen LogP contribution in [0.2, 0.25) is 0 Å². The van der Waals surface area contributed by atoms with Gasteiger partial charge in [0.2, 0.25) is 0 Å². The number of nitrogen functional groups attached to an aromatic ring is 1. The van der Waals surface area contributed by atoms with Gasteiger partial charge in [0.1, 0.15) is 5.69 Å². The molecule has 3 nitrogen and oxygen atoms in total. The normalized spacial score (nSPS) is 23.2. The van der Waals surface area contributed by atoms with Crippen molar-refractivity contribution in [1.82, 2.24) is 0 Å². The maximum atomic E-state index is 5.81. The van der Waals surface area contributed by atoms with Gasteiger partial charge >= 0.3 is 5.13 Å². The SMILES string of the molecule is Nc1[nH+]c2c(s1)CC(N)CC2. The largest absolute Gasteiger partial charge is 0.329 e. The number of H-pyrrole nitrogens is 1. The van der Waals surface area contributed by atoms with E-state index in [1.54, 1.807) is 11.3 Å². The molecule has 1 aliphatic carbocycles. The van der Waals surface area contributed by atoms with Crippen LogP contribution in [0.15, 0.2) is 0 Å². The van der Waals surface area contributed by atoms with Crippen molar-refractivity contribution in [2.24, 2.45) is 5.73 Å². The van der Waals surface area contributed by atoms with E-state index >= 15 is 0 Å². The van der Waals surface area contributed by atoms with Crippen molar-refractivity contribution >= 4 is 16.5 Å². The molecule has 0 saturated heterocycles. The first kappa shape index (κ1) is 7.06. The molecule has 0 amide bonds. The van der Waals surface area contributed by atoms with Crippen molar-refractivity contribution in [2.75, 3.05) is 5.73 Å². The van der Waals surface area contributed by atoms with Gasteiger partial charge in [-0.15, -0.1) is 0 Å². The number of thiazole rings is 1. The Bertz CT molecular complexity index is 269. The number of hydrogen-bond acceptors (Lipinski definition) is 3. The summed E-state index contributed by atoms with van der Waals surface area (Å²) in [7, 11) is 0. The summed E-state index contributed by atoms with van der Waals surface area (Å²) in [5.74, 6) is 0. The molecule has 4 heteroatoms. The van der Waals surface area contributed by atoms with Crippen molar-refractivity contribution in [2.45, 2.75) is 25.3 Å². The fraction of sp³-hybridized carbons (Fsp3) is 0.571. The van der Waals surface area contributed by atoms with E-state index in [1.807, 2.05) is 0 Å². The average molecular weight is 170 g/mol. The second-order valence-corrected chi connectivity index (χ2v) is 4.13. The van der Waals surface area contributed by atoms with Crippen molar-refractivity contribution < 1.29 is 4.98 Å². The summed E-state index contributed by atoms with van der Waals surface area (Å²) in [5, 5.41) is 0.809. The van der Waals surface area contributed by atoms with Crippen LogP contribution in [-0.4, -0.2) is 6.04 Å². The van der Waals surface area contributed by atoms with Crippen LogP contribution in [0.5, 0.6) is 0 Å². The number of aromatic nitrogens is 1. The average Bonchev–Trinajstić information content (AvgIpc) is 2.27. The fourth-order valence-electron chi connectivity index (χ4n) is 1.47. The van der Waals surface area contributed by atoms with E-state index < -0.39 is 0 Å². The molecule has 0 aliphatic heterocycles. The summed E-state index contributed by atoms with van der Waals surface area (Å²) in [6, 6.07) is 0.342. The maximum Gasteiger partial charge on any atom is 0.329 e. The number of aromatic amines is 1. The smallest absolute Gasteiger partial charge is 0.327 e. The van der Waals surface area contributed by atoms with Crippen LogP contribution in [0.1, 0.15) is 17.0 Å². The molecule has 2 rings (SSSR count). The number of nitrogens with two attached hydrogens (primary N) is 2. The number of nitrogens with one attached hydrogen (secondary N) is 1. The molecule has 0 spiro atoms. The lowest BCUT2D eigenvalue weighted by Crippen LogP contribution is -2.29. The predicted octanol–water partition coefficient (Wildman–Crippen LogP) is -0.0396. The number of rotatable bonds is 0. The Labute approximate surface area is 69.4 Å². The summed E-state index contributed by atoms with van der Waals surface area (Å²) in [6.07, 6.45) is 3.14. The molecule has 0 radical (unpaired) electrons. The van der Waals surface area contributed by atoms with Crippen LogP contribution in [0.25, 0.3) is 0 Å². The van der Waals surface area contributed by atoms with Gasteiger partial charge in [-0.05, 0) is 6.42 Å². The van der Waals surface area contributed by atoms with Gasteiger partial charge in [0.25, 0.3) is 0 Å². The summed E-state index contributed by atoms with van der Waals surface area (Å²) in [6.45, 7) is 0. The summed E-state index contributed by atoms with van der Waals surface area (Å²) in [5.41, 5.74) is 12.7. The van der Waals surface area contributed by atoms with Gasteiger partial charge in [0, 0.05) is 18.9 Å². The highest BCUT2D eigenvalue weighted by molar-refractivity contribution is 7.15. The standard InChI is InChI=1S/C7H11N3S/c8-4-1-2-5-6(3-4)11-7(9)10-5/h4H,1-3,8H2,(H2,9,10)/p+1. The van der Waals surface area contributed by atoms with Gasteiger partial charge in [0.15, 0.2) is 0 Å². The topological polar surface area (TPSA) is 66.2 Å². The Morgan fingerprint density at radius 2 is 2.36 bits per heavy atom. The third kappa shape index (κ3) is 1.23. The minimum absolute atomic E-state index is 0.342. The van der Waals surface area contributed by atoms with Crippen LogP contribution >= 0.6 is 11.3 Å². The lowest BCUT2D eigenvalue weighted by atomic mass is 9.99. The molecule has 5 N–H and O–H groups in total. The number of anilines is 1. The van der Waals surface area contributed by atoms with Crippen LogP contribution in [0.3, 0.4) is 0 Å². The molecular formula is C7H12N3S+. The molecule has 0 aromatic carbocycles. The highest BCUT2D eigenvalue weighted by Gasteiger charge is 2.21. The van der Waals surface area contributed by atoms with Gasteiger partial charge in [0.05, 0.1) is 4.88 Å². The second-order valence-electron chi connectivity index (χ2n) is 3.00. The van der Waals surface area contributed by atoms with Gasteiger partial charge < -0.3 is 5.73 Å². The van der Waals surface area contributed by atoms with E-state index in [2.05, 4.69) is 4.98 Å². The van der Waals surface area contributed by atoms with E-state index in [0.29, 0.717) is 6.04 Å². The summed E-state index contributed by atoms with van der Waals surface area (Å²) >= 11 is 1.64. The van der Waals surface area contributed by atoms with Crippen molar-refractivity contribution in [3.8, 4) is 0 Å². The Hall–Kier alpha value is -0.610. The van der Waals surface area contributed by atoms with Crippen molar-refractivity contribution in [3.05, 3.63) is 10.6 Å². The van der Waals surface area contributed by atoms with E-state index in [-0.39, 0.29) is 0 Å². The molecule has 0 fully saturated rings. The number of hydrogen-bond donors (Lipinski definition) is 2. The fourth-order valence-corrected chi connectivity index (χ4v) is 2.49. The number of fused-ring (bicyclic) bond motifs is 1. The van der Waals surface area contributed by atoms with Crippen molar-refractivity contribution in [1.29, 1.82) is 0 Å². The Kier molecular flexibility index (Phi) is 1.58. The summed E-state index contributed by atoms with van der Waals surface area (Å²) in [4.78, 5) is 4.51. The molecule has 1 heterocycles. The highest BCUT2D eigenvalue weighted by Crippen LogP contribution is 2.23. The van der Waals surface area contributed by atoms with Gasteiger partial charge in [-0.1, -0.05) is 11.3 Å². The molecule has 1 aromatic rings. The van der Waals surface area contributed by atoms with Crippen molar-refractivity contribution in [3.63, 3.8) is 0 Å². The predicted molar refractivity (Wildman–Crippen MR) is 45.3 cm³/mol. The van der Waals surface area contributed by atoms with Crippen LogP contribution in [0.4, 0.5) is 5.13 Å². The van der Waals surface area contributed by atoms with E-state index in [0.717, 1.165) is 24.4 Å². The third-order valence-electron chi connectivity index (χ3n) is 2.06. The first-order valence-electron chi connectivity index (χ1n) is 3.80. The van der Waals surface area contributed by atoms with Crippen LogP contribution < -0.4 is 16.5 Å². The minimum Gasteiger partial charge on any atom is -0.327 e. The van der Waals surface area contributed by atoms with Gasteiger partial charge in [-0.3, -0.25) is 5.73 Å².